The number of ether oxygens (including phenoxy) is 1. The number of esters is 1. The van der Waals surface area contributed by atoms with Gasteiger partial charge in [-0.15, -0.1) is 0 Å². The van der Waals surface area contributed by atoms with Crippen LogP contribution in [0.4, 0.5) is 18.9 Å². The monoisotopic (exact) mass is 287 g/mol. The van der Waals surface area contributed by atoms with E-state index < -0.39 is 17.7 Å². The van der Waals surface area contributed by atoms with Crippen LogP contribution in [-0.4, -0.2) is 26.2 Å². The van der Waals surface area contributed by atoms with Gasteiger partial charge in [0.1, 0.15) is 0 Å². The molecule has 1 aliphatic heterocycles. The minimum absolute atomic E-state index is 0.0286. The first-order valence-electron chi connectivity index (χ1n) is 6.39. The minimum atomic E-state index is -4.42. The van der Waals surface area contributed by atoms with Crippen LogP contribution in [0.25, 0.3) is 0 Å². The van der Waals surface area contributed by atoms with Gasteiger partial charge >= 0.3 is 12.1 Å². The summed E-state index contributed by atoms with van der Waals surface area (Å²) in [5.41, 5.74) is -0.167. The molecule has 1 aromatic carbocycles. The molecule has 0 radical (unpaired) electrons. The number of methoxy groups -OCH3 is 1. The van der Waals surface area contributed by atoms with Crippen molar-refractivity contribution in [3.05, 3.63) is 28.8 Å². The number of rotatable bonds is 2. The van der Waals surface area contributed by atoms with Crippen molar-refractivity contribution in [1.82, 2.24) is 0 Å². The summed E-state index contributed by atoms with van der Waals surface area (Å²) in [4.78, 5) is 13.6. The molecule has 0 aliphatic carbocycles. The molecule has 1 saturated heterocycles. The molecule has 6 heteroatoms. The smallest absolute Gasteiger partial charge is 0.416 e. The van der Waals surface area contributed by atoms with E-state index in [0.717, 1.165) is 18.9 Å². The van der Waals surface area contributed by atoms with E-state index in [0.29, 0.717) is 18.8 Å². The van der Waals surface area contributed by atoms with E-state index >= 15 is 0 Å². The highest BCUT2D eigenvalue weighted by atomic mass is 19.4. The Kier molecular flexibility index (Phi) is 3.92. The first-order valence-corrected chi connectivity index (χ1v) is 6.39. The number of aryl methyl sites for hydroxylation is 1. The van der Waals surface area contributed by atoms with Crippen LogP contribution in [-0.2, 0) is 10.9 Å². The highest BCUT2D eigenvalue weighted by Gasteiger charge is 2.34. The molecule has 0 saturated carbocycles. The minimum Gasteiger partial charge on any atom is -0.465 e. The van der Waals surface area contributed by atoms with Gasteiger partial charge in [-0.25, -0.2) is 4.79 Å². The number of alkyl halides is 3. The zero-order valence-electron chi connectivity index (χ0n) is 11.4. The summed E-state index contributed by atoms with van der Waals surface area (Å²) in [7, 11) is 1.23. The van der Waals surface area contributed by atoms with Crippen LogP contribution in [0, 0.1) is 6.92 Å². The maximum atomic E-state index is 13.0. The number of carbonyl (C=O) groups is 1. The topological polar surface area (TPSA) is 29.5 Å². The fourth-order valence-electron chi connectivity index (χ4n) is 2.50. The van der Waals surface area contributed by atoms with Crippen LogP contribution < -0.4 is 4.90 Å². The zero-order chi connectivity index (χ0) is 14.9. The van der Waals surface area contributed by atoms with Gasteiger partial charge in [0.15, 0.2) is 0 Å². The van der Waals surface area contributed by atoms with Crippen molar-refractivity contribution in [2.24, 2.45) is 0 Å². The fraction of sp³-hybridized carbons (Fsp3) is 0.500. The Balaban J connectivity index is 2.56. The van der Waals surface area contributed by atoms with Crippen molar-refractivity contribution in [2.75, 3.05) is 25.1 Å². The first kappa shape index (κ1) is 14.7. The molecule has 1 aliphatic rings. The Morgan fingerprint density at radius 3 is 2.35 bits per heavy atom. The van der Waals surface area contributed by atoms with Gasteiger partial charge in [0.25, 0.3) is 0 Å². The molecule has 110 valence electrons. The van der Waals surface area contributed by atoms with Crippen molar-refractivity contribution >= 4 is 11.7 Å². The molecule has 1 heterocycles. The van der Waals surface area contributed by atoms with Crippen molar-refractivity contribution in [1.29, 1.82) is 0 Å². The van der Waals surface area contributed by atoms with Crippen LogP contribution in [0.2, 0.25) is 0 Å². The Hall–Kier alpha value is -1.72. The molecule has 0 amide bonds. The Morgan fingerprint density at radius 1 is 1.25 bits per heavy atom. The molecular weight excluding hydrogens is 271 g/mol. The van der Waals surface area contributed by atoms with Gasteiger partial charge in [0, 0.05) is 13.1 Å². The van der Waals surface area contributed by atoms with Gasteiger partial charge in [-0.2, -0.15) is 13.2 Å². The number of hydrogen-bond acceptors (Lipinski definition) is 3. The molecular formula is C14H16F3NO2. The van der Waals surface area contributed by atoms with E-state index in [2.05, 4.69) is 4.74 Å². The maximum absolute atomic E-state index is 13.0. The lowest BCUT2D eigenvalue weighted by Crippen LogP contribution is -2.22. The molecule has 0 atom stereocenters. The highest BCUT2D eigenvalue weighted by Crippen LogP contribution is 2.37. The van der Waals surface area contributed by atoms with Crippen LogP contribution in [0.1, 0.15) is 34.3 Å². The average molecular weight is 287 g/mol. The highest BCUT2D eigenvalue weighted by molar-refractivity contribution is 5.96. The summed E-state index contributed by atoms with van der Waals surface area (Å²) < 4.78 is 43.7. The normalized spacial score (nSPS) is 15.6. The van der Waals surface area contributed by atoms with E-state index in [1.165, 1.54) is 20.1 Å². The van der Waals surface area contributed by atoms with E-state index in [4.69, 9.17) is 0 Å². The molecule has 20 heavy (non-hydrogen) atoms. The van der Waals surface area contributed by atoms with Gasteiger partial charge in [-0.3, -0.25) is 0 Å². The number of anilines is 1. The van der Waals surface area contributed by atoms with E-state index in [1.807, 2.05) is 0 Å². The number of carbonyl (C=O) groups excluding carboxylic acids is 1. The maximum Gasteiger partial charge on any atom is 0.416 e. The Labute approximate surface area is 115 Å². The largest absolute Gasteiger partial charge is 0.465 e. The third kappa shape index (κ3) is 2.73. The molecule has 3 nitrogen and oxygen atoms in total. The van der Waals surface area contributed by atoms with Gasteiger partial charge in [0.05, 0.1) is 23.9 Å². The van der Waals surface area contributed by atoms with E-state index in [9.17, 15) is 18.0 Å². The van der Waals surface area contributed by atoms with Crippen LogP contribution in [0.15, 0.2) is 12.1 Å². The number of nitrogens with zero attached hydrogens (tertiary/aromatic N) is 1. The number of benzene rings is 1. The SMILES string of the molecule is COC(=O)c1cc(C)c(C(F)(F)F)cc1N1CCCC1. The Morgan fingerprint density at radius 2 is 1.85 bits per heavy atom. The standard InChI is InChI=1S/C14H16F3NO2/c1-9-7-10(13(19)20-2)12(18-5-3-4-6-18)8-11(9)14(15,16)17/h7-8H,3-6H2,1-2H3. The molecule has 0 N–H and O–H groups in total. The predicted octanol–water partition coefficient (Wildman–Crippen LogP) is 3.40. The lowest BCUT2D eigenvalue weighted by molar-refractivity contribution is -0.138. The third-order valence-corrected chi connectivity index (χ3v) is 3.50. The van der Waals surface area contributed by atoms with Crippen LogP contribution >= 0.6 is 0 Å². The van der Waals surface area contributed by atoms with Crippen molar-refractivity contribution in [3.8, 4) is 0 Å². The van der Waals surface area contributed by atoms with Crippen LogP contribution in [0.3, 0.4) is 0 Å². The molecule has 0 aromatic heterocycles. The molecule has 1 fully saturated rings. The molecule has 0 spiro atoms. The lowest BCUT2D eigenvalue weighted by Gasteiger charge is -2.23. The predicted molar refractivity (Wildman–Crippen MR) is 69.0 cm³/mol. The summed E-state index contributed by atoms with van der Waals surface area (Å²) in [6, 6.07) is 2.33. The van der Waals surface area contributed by atoms with Crippen molar-refractivity contribution in [2.45, 2.75) is 25.9 Å². The summed E-state index contributed by atoms with van der Waals surface area (Å²) in [6.45, 7) is 2.66. The van der Waals surface area contributed by atoms with Gasteiger partial charge < -0.3 is 9.64 Å². The third-order valence-electron chi connectivity index (χ3n) is 3.50. The summed E-state index contributed by atoms with van der Waals surface area (Å²) in [6.07, 6.45) is -2.60. The van der Waals surface area contributed by atoms with E-state index in [1.54, 1.807) is 4.90 Å². The Bertz CT molecular complexity index is 520. The molecule has 1 aromatic rings. The second kappa shape index (κ2) is 5.34. The quantitative estimate of drug-likeness (QED) is 0.781. The van der Waals surface area contributed by atoms with E-state index in [-0.39, 0.29) is 11.1 Å². The number of hydrogen-bond donors (Lipinski definition) is 0. The second-order valence-corrected chi connectivity index (χ2v) is 4.87. The van der Waals surface area contributed by atoms with Crippen LogP contribution in [0.5, 0.6) is 0 Å². The number of halogens is 3. The molecule has 2 rings (SSSR count). The van der Waals surface area contributed by atoms with Crippen molar-refractivity contribution in [3.63, 3.8) is 0 Å². The molecule has 0 unspecified atom stereocenters. The van der Waals surface area contributed by atoms with Crippen molar-refractivity contribution < 1.29 is 22.7 Å². The zero-order valence-corrected chi connectivity index (χ0v) is 11.4. The second-order valence-electron chi connectivity index (χ2n) is 4.87. The fourth-order valence-corrected chi connectivity index (χ4v) is 2.50. The summed E-state index contributed by atoms with van der Waals surface area (Å²) >= 11 is 0. The van der Waals surface area contributed by atoms with Gasteiger partial charge in [0.2, 0.25) is 0 Å². The van der Waals surface area contributed by atoms with Gasteiger partial charge in [-0.1, -0.05) is 0 Å². The molecule has 0 bridgehead atoms. The lowest BCUT2D eigenvalue weighted by atomic mass is 10.0. The summed E-state index contributed by atoms with van der Waals surface area (Å²) in [5, 5.41) is 0. The van der Waals surface area contributed by atoms with Gasteiger partial charge in [-0.05, 0) is 37.5 Å². The summed E-state index contributed by atoms with van der Waals surface area (Å²) in [5.74, 6) is -0.608. The first-order chi connectivity index (χ1) is 9.34. The average Bonchev–Trinajstić information content (AvgIpc) is 2.89.